The summed E-state index contributed by atoms with van der Waals surface area (Å²) in [5, 5.41) is 9.15. The first-order valence-electron chi connectivity index (χ1n) is 5.06. The molecule has 0 aliphatic rings. The van der Waals surface area contributed by atoms with Gasteiger partial charge >= 0.3 is 5.97 Å². The largest absolute Gasteiger partial charge is 0.486 e. The number of ether oxygens (including phenoxy) is 1. The Balaban J connectivity index is 2.65. The van der Waals surface area contributed by atoms with E-state index in [2.05, 4.69) is 0 Å². The van der Waals surface area contributed by atoms with Gasteiger partial charge in [-0.05, 0) is 32.4 Å². The van der Waals surface area contributed by atoms with Crippen LogP contribution in [0.5, 0.6) is 5.75 Å². The first-order valence-corrected chi connectivity index (χ1v) is 5.44. The van der Waals surface area contributed by atoms with E-state index in [1.54, 1.807) is 12.1 Å². The Bertz CT molecular complexity index is 374. The summed E-state index contributed by atoms with van der Waals surface area (Å²) in [7, 11) is 0. The molecule has 1 aromatic carbocycles. The van der Waals surface area contributed by atoms with Crippen LogP contribution < -0.4 is 4.74 Å². The molecule has 1 N–H and O–H groups in total. The van der Waals surface area contributed by atoms with E-state index in [1.165, 1.54) is 0 Å². The Morgan fingerprint density at radius 2 is 2.06 bits per heavy atom. The highest BCUT2D eigenvalue weighted by Crippen LogP contribution is 2.28. The van der Waals surface area contributed by atoms with Crippen molar-refractivity contribution in [1.82, 2.24) is 0 Å². The minimum atomic E-state index is -0.823. The standard InChI is InChI=1S/C12H15ClO3/c1-12(2,8-7-11(14)15)16-10-6-4-3-5-9(10)13/h3-6H,7-8H2,1-2H3,(H,14,15). The van der Waals surface area contributed by atoms with Crippen LogP contribution in [0.4, 0.5) is 0 Å². The van der Waals surface area contributed by atoms with E-state index < -0.39 is 11.6 Å². The molecular formula is C12H15ClO3. The number of aliphatic carboxylic acids is 1. The zero-order chi connectivity index (χ0) is 12.2. The highest BCUT2D eigenvalue weighted by molar-refractivity contribution is 6.32. The Kier molecular flexibility index (Phi) is 4.19. The molecule has 1 rings (SSSR count). The SMILES string of the molecule is CC(C)(CCC(=O)O)Oc1ccccc1Cl. The van der Waals surface area contributed by atoms with Crippen LogP contribution in [0.25, 0.3) is 0 Å². The summed E-state index contributed by atoms with van der Waals surface area (Å²) in [5.41, 5.74) is -0.538. The van der Waals surface area contributed by atoms with E-state index in [9.17, 15) is 4.79 Å². The number of carboxylic acids is 1. The van der Waals surface area contributed by atoms with Crippen molar-refractivity contribution in [3.63, 3.8) is 0 Å². The van der Waals surface area contributed by atoms with Gasteiger partial charge in [0.2, 0.25) is 0 Å². The second-order valence-corrected chi connectivity index (χ2v) is 4.59. The monoisotopic (exact) mass is 242 g/mol. The van der Waals surface area contributed by atoms with Crippen LogP contribution in [-0.4, -0.2) is 16.7 Å². The van der Waals surface area contributed by atoms with Gasteiger partial charge in [0.15, 0.2) is 0 Å². The molecule has 0 bridgehead atoms. The van der Waals surface area contributed by atoms with Gasteiger partial charge in [0.05, 0.1) is 5.02 Å². The zero-order valence-corrected chi connectivity index (χ0v) is 10.1. The lowest BCUT2D eigenvalue weighted by molar-refractivity contribution is -0.138. The Hall–Kier alpha value is -1.22. The van der Waals surface area contributed by atoms with Gasteiger partial charge in [0, 0.05) is 6.42 Å². The molecule has 0 fully saturated rings. The van der Waals surface area contributed by atoms with Gasteiger partial charge in [-0.3, -0.25) is 4.79 Å². The molecule has 0 radical (unpaired) electrons. The smallest absolute Gasteiger partial charge is 0.303 e. The Morgan fingerprint density at radius 3 is 2.62 bits per heavy atom. The second-order valence-electron chi connectivity index (χ2n) is 4.19. The molecule has 0 saturated heterocycles. The average Bonchev–Trinajstić information content (AvgIpc) is 2.19. The molecule has 0 aliphatic heterocycles. The quantitative estimate of drug-likeness (QED) is 0.861. The average molecular weight is 243 g/mol. The van der Waals surface area contributed by atoms with Gasteiger partial charge < -0.3 is 9.84 Å². The van der Waals surface area contributed by atoms with Crippen LogP contribution in [-0.2, 0) is 4.79 Å². The fourth-order valence-electron chi connectivity index (χ4n) is 1.28. The molecule has 0 saturated carbocycles. The highest BCUT2D eigenvalue weighted by Gasteiger charge is 2.21. The number of hydrogen-bond donors (Lipinski definition) is 1. The summed E-state index contributed by atoms with van der Waals surface area (Å²) in [4.78, 5) is 10.5. The third-order valence-electron chi connectivity index (χ3n) is 2.16. The molecule has 0 aromatic heterocycles. The number of para-hydroxylation sites is 1. The van der Waals surface area contributed by atoms with Crippen molar-refractivity contribution in [1.29, 1.82) is 0 Å². The van der Waals surface area contributed by atoms with Gasteiger partial charge in [-0.1, -0.05) is 23.7 Å². The predicted molar refractivity (Wildman–Crippen MR) is 63.0 cm³/mol. The van der Waals surface area contributed by atoms with Crippen molar-refractivity contribution in [3.8, 4) is 5.75 Å². The molecule has 0 atom stereocenters. The van der Waals surface area contributed by atoms with Crippen molar-refractivity contribution in [2.75, 3.05) is 0 Å². The molecular weight excluding hydrogens is 228 g/mol. The number of benzene rings is 1. The highest BCUT2D eigenvalue weighted by atomic mass is 35.5. The number of carbonyl (C=O) groups is 1. The summed E-state index contributed by atoms with van der Waals surface area (Å²) in [5.74, 6) is -0.240. The fourth-order valence-corrected chi connectivity index (χ4v) is 1.46. The molecule has 0 spiro atoms. The number of halogens is 1. The third kappa shape index (κ3) is 4.11. The van der Waals surface area contributed by atoms with E-state index in [1.807, 2.05) is 26.0 Å². The minimum Gasteiger partial charge on any atom is -0.486 e. The lowest BCUT2D eigenvalue weighted by Crippen LogP contribution is -2.29. The predicted octanol–water partition coefficient (Wildman–Crippen LogP) is 3.36. The zero-order valence-electron chi connectivity index (χ0n) is 9.37. The molecule has 3 nitrogen and oxygen atoms in total. The molecule has 88 valence electrons. The van der Waals surface area contributed by atoms with Crippen LogP contribution in [0.15, 0.2) is 24.3 Å². The van der Waals surface area contributed by atoms with Gasteiger partial charge in [-0.2, -0.15) is 0 Å². The number of hydrogen-bond acceptors (Lipinski definition) is 2. The van der Waals surface area contributed by atoms with E-state index >= 15 is 0 Å². The maximum Gasteiger partial charge on any atom is 0.303 e. The van der Waals surface area contributed by atoms with Crippen molar-refractivity contribution in [3.05, 3.63) is 29.3 Å². The van der Waals surface area contributed by atoms with Gasteiger partial charge in [0.25, 0.3) is 0 Å². The van der Waals surface area contributed by atoms with Gasteiger partial charge in [-0.25, -0.2) is 0 Å². The van der Waals surface area contributed by atoms with E-state index in [0.29, 0.717) is 17.2 Å². The normalized spacial score (nSPS) is 11.2. The molecule has 0 aliphatic carbocycles. The summed E-state index contributed by atoms with van der Waals surface area (Å²) in [6.07, 6.45) is 0.519. The number of rotatable bonds is 5. The molecule has 0 heterocycles. The molecule has 0 unspecified atom stereocenters. The van der Waals surface area contributed by atoms with Crippen molar-refractivity contribution >= 4 is 17.6 Å². The van der Waals surface area contributed by atoms with E-state index in [4.69, 9.17) is 21.4 Å². The van der Waals surface area contributed by atoms with Crippen LogP contribution in [0.1, 0.15) is 26.7 Å². The Labute approximate surface area is 100.0 Å². The second kappa shape index (κ2) is 5.21. The third-order valence-corrected chi connectivity index (χ3v) is 2.48. The van der Waals surface area contributed by atoms with Crippen LogP contribution in [0, 0.1) is 0 Å². The number of carboxylic acid groups (broad SMARTS) is 1. The lowest BCUT2D eigenvalue weighted by Gasteiger charge is -2.26. The van der Waals surface area contributed by atoms with Crippen LogP contribution >= 0.6 is 11.6 Å². The summed E-state index contributed by atoms with van der Waals surface area (Å²) in [6.45, 7) is 3.69. The maximum atomic E-state index is 10.5. The minimum absolute atomic E-state index is 0.0808. The van der Waals surface area contributed by atoms with E-state index in [-0.39, 0.29) is 6.42 Å². The summed E-state index contributed by atoms with van der Waals surface area (Å²) >= 11 is 5.95. The van der Waals surface area contributed by atoms with Crippen molar-refractivity contribution < 1.29 is 14.6 Å². The topological polar surface area (TPSA) is 46.5 Å². The fraction of sp³-hybridized carbons (Fsp3) is 0.417. The molecule has 4 heteroatoms. The molecule has 0 amide bonds. The summed E-state index contributed by atoms with van der Waals surface area (Å²) < 4.78 is 5.69. The van der Waals surface area contributed by atoms with Crippen molar-refractivity contribution in [2.24, 2.45) is 0 Å². The Morgan fingerprint density at radius 1 is 1.44 bits per heavy atom. The van der Waals surface area contributed by atoms with Gasteiger partial charge in [-0.15, -0.1) is 0 Å². The first kappa shape index (κ1) is 12.8. The van der Waals surface area contributed by atoms with Gasteiger partial charge in [0.1, 0.15) is 11.4 Å². The van der Waals surface area contributed by atoms with E-state index in [0.717, 1.165) is 0 Å². The lowest BCUT2D eigenvalue weighted by atomic mass is 10.0. The first-order chi connectivity index (χ1) is 7.41. The maximum absolute atomic E-state index is 10.5. The van der Waals surface area contributed by atoms with Crippen molar-refractivity contribution in [2.45, 2.75) is 32.3 Å². The molecule has 1 aromatic rings. The van der Waals surface area contributed by atoms with Crippen LogP contribution in [0.3, 0.4) is 0 Å². The molecule has 16 heavy (non-hydrogen) atoms. The summed E-state index contributed by atoms with van der Waals surface area (Å²) in [6, 6.07) is 7.16. The van der Waals surface area contributed by atoms with Crippen LogP contribution in [0.2, 0.25) is 5.02 Å².